The van der Waals surface area contributed by atoms with E-state index in [1.165, 1.54) is 20.1 Å². The van der Waals surface area contributed by atoms with Crippen LogP contribution in [0.25, 0.3) is 10.4 Å². The van der Waals surface area contributed by atoms with Crippen LogP contribution in [0.2, 0.25) is 0 Å². The van der Waals surface area contributed by atoms with Crippen LogP contribution in [-0.4, -0.2) is 134 Å². The van der Waals surface area contributed by atoms with Crippen LogP contribution < -0.4 is 16.4 Å². The molecule has 0 saturated carbocycles. The molecule has 13 atom stereocenters. The number of hydrogen-bond donors (Lipinski definition) is 4. The Balaban J connectivity index is 1.97. The van der Waals surface area contributed by atoms with Gasteiger partial charge in [0, 0.05) is 49.7 Å². The zero-order chi connectivity index (χ0) is 41.1. The monoisotopic (exact) mass is 781 g/mol. The molecule has 0 bridgehead atoms. The second-order valence-electron chi connectivity index (χ2n) is 15.5. The van der Waals surface area contributed by atoms with Gasteiger partial charge in [-0.1, -0.05) is 38.5 Å². The van der Waals surface area contributed by atoms with Crippen molar-refractivity contribution in [1.82, 2.24) is 15.5 Å². The van der Waals surface area contributed by atoms with E-state index in [0.29, 0.717) is 45.3 Å². The molecule has 3 heterocycles. The van der Waals surface area contributed by atoms with Crippen LogP contribution in [-0.2, 0) is 38.0 Å². The van der Waals surface area contributed by atoms with E-state index in [0.717, 1.165) is 0 Å². The van der Waals surface area contributed by atoms with Crippen LogP contribution in [0, 0.1) is 17.8 Å². The summed E-state index contributed by atoms with van der Waals surface area (Å²) >= 11 is 0. The van der Waals surface area contributed by atoms with Gasteiger partial charge in [0.1, 0.15) is 24.7 Å². The Bertz CT molecular complexity index is 1380. The number of methoxy groups -OCH3 is 1. The molecule has 3 saturated heterocycles. The number of rotatable bonds is 13. The van der Waals surface area contributed by atoms with Gasteiger partial charge in [-0.15, -0.1) is 0 Å². The molecule has 5 N–H and O–H groups in total. The standard InChI is InChI=1S/C37H63N7O11/c1-10-16-51-34(48)41-20-25-17-26(38)29(46)33(52-25)54-31-22(4)28(45)23(5)32(47)53-27(11-2)37(8)30(24(6)40-19-21(3)18-36(31,7)50-9)44(35(49)55-37)15-13-12-14-42-43-39/h10,21-27,29-31,33,40,46H,1,11-20,38H2,2-9H3,(H,41,48)/t21-,22+,23-,24-,25?,26?,27-,29?,30-,31-,33+,36-,37-/m1/s1. The number of aliphatic hydroxyl groups is 1. The summed E-state index contributed by atoms with van der Waals surface area (Å²) in [6.45, 7) is 17.1. The molecule has 0 spiro atoms. The fourth-order valence-electron chi connectivity index (χ4n) is 8.11. The smallest absolute Gasteiger partial charge is 0.410 e. The van der Waals surface area contributed by atoms with Crippen LogP contribution >= 0.6 is 0 Å². The lowest BCUT2D eigenvalue weighted by atomic mass is 9.78. The molecule has 18 heteroatoms. The molecular weight excluding hydrogens is 718 g/mol. The van der Waals surface area contributed by atoms with Gasteiger partial charge in [0.15, 0.2) is 17.7 Å². The topological polar surface area (TPSA) is 246 Å². The lowest BCUT2D eigenvalue weighted by Crippen LogP contribution is -2.61. The fraction of sp³-hybridized carbons (Fsp3) is 0.838. The SMILES string of the molecule is C=CCOC(=O)NCC1CC(N)C(O)[C@H](O[C@@H]2[C@@H](C)C(=O)[C@@H](C)C(=O)O[C@H](CC)[C@@]3(C)OC(=O)N(CCCCN=[N+]=[N-])[C@@H]3[C@@H](C)NC[C@H](C)C[C@@]2(C)OC)O1. The van der Waals surface area contributed by atoms with Crippen LogP contribution in [0.1, 0.15) is 80.6 Å². The number of azide groups is 1. The van der Waals surface area contributed by atoms with Crippen molar-refractivity contribution in [3.8, 4) is 0 Å². The molecule has 3 aliphatic heterocycles. The minimum atomic E-state index is -1.32. The summed E-state index contributed by atoms with van der Waals surface area (Å²) in [6, 6.07) is -1.70. The first-order valence-electron chi connectivity index (χ1n) is 19.3. The first-order valence-corrected chi connectivity index (χ1v) is 19.3. The minimum Gasteiger partial charge on any atom is -0.458 e. The number of esters is 1. The Hall–Kier alpha value is -3.51. The third-order valence-corrected chi connectivity index (χ3v) is 11.1. The van der Waals surface area contributed by atoms with Crippen LogP contribution in [0.15, 0.2) is 17.8 Å². The quantitative estimate of drug-likeness (QED) is 0.0307. The van der Waals surface area contributed by atoms with E-state index in [-0.39, 0.29) is 31.5 Å². The highest BCUT2D eigenvalue weighted by Gasteiger charge is 2.58. The van der Waals surface area contributed by atoms with E-state index in [2.05, 4.69) is 27.2 Å². The van der Waals surface area contributed by atoms with Crippen molar-refractivity contribution in [2.45, 2.75) is 141 Å². The Morgan fingerprint density at radius 3 is 2.58 bits per heavy atom. The number of carbonyl (C=O) groups excluding carboxylic acids is 4. The third-order valence-electron chi connectivity index (χ3n) is 11.1. The van der Waals surface area contributed by atoms with E-state index < -0.39 is 89.8 Å². The average Bonchev–Trinajstić information content (AvgIpc) is 3.42. The van der Waals surface area contributed by atoms with Gasteiger partial charge in [-0.2, -0.15) is 0 Å². The molecule has 0 aromatic rings. The van der Waals surface area contributed by atoms with Gasteiger partial charge in [0.2, 0.25) is 0 Å². The van der Waals surface area contributed by atoms with E-state index in [1.54, 1.807) is 25.7 Å². The summed E-state index contributed by atoms with van der Waals surface area (Å²) in [5, 5.41) is 21.0. The van der Waals surface area contributed by atoms with E-state index in [4.69, 9.17) is 39.7 Å². The van der Waals surface area contributed by atoms with Gasteiger partial charge in [0.05, 0.1) is 23.9 Å². The zero-order valence-electron chi connectivity index (χ0n) is 33.6. The maximum atomic E-state index is 14.3. The van der Waals surface area contributed by atoms with Gasteiger partial charge in [-0.05, 0) is 77.8 Å². The van der Waals surface area contributed by atoms with E-state index >= 15 is 0 Å². The lowest BCUT2D eigenvalue weighted by molar-refractivity contribution is -0.290. The summed E-state index contributed by atoms with van der Waals surface area (Å²) in [4.78, 5) is 58.2. The number of nitrogens with zero attached hydrogens (tertiary/aromatic N) is 4. The number of nitrogens with two attached hydrogens (primary N) is 1. The summed E-state index contributed by atoms with van der Waals surface area (Å²) in [5.74, 6) is -3.62. The molecule has 0 aromatic carbocycles. The van der Waals surface area contributed by atoms with Crippen LogP contribution in [0.5, 0.6) is 0 Å². The first kappa shape index (κ1) is 45.9. The minimum absolute atomic E-state index is 0.0156. The molecule has 2 amide bonds. The molecule has 3 aliphatic rings. The van der Waals surface area contributed by atoms with Crippen molar-refractivity contribution in [2.75, 3.05) is 39.9 Å². The molecular formula is C37H63N7O11. The van der Waals surface area contributed by atoms with Crippen molar-refractivity contribution >= 4 is 23.9 Å². The molecule has 0 radical (unpaired) electrons. The summed E-state index contributed by atoms with van der Waals surface area (Å²) < 4.78 is 35.9. The summed E-state index contributed by atoms with van der Waals surface area (Å²) in [5.41, 5.74) is 12.6. The molecule has 0 aliphatic carbocycles. The number of Topliss-reactive ketones (excluding diaryl/α,β-unsaturated/α-hetero) is 1. The Morgan fingerprint density at radius 2 is 1.95 bits per heavy atom. The highest BCUT2D eigenvalue weighted by Crippen LogP contribution is 2.40. The molecule has 0 aromatic heterocycles. The van der Waals surface area contributed by atoms with Gasteiger partial charge >= 0.3 is 18.2 Å². The summed E-state index contributed by atoms with van der Waals surface area (Å²) in [7, 11) is 1.51. The average molecular weight is 782 g/mol. The molecule has 3 fully saturated rings. The number of hydrogen-bond acceptors (Lipinski definition) is 14. The number of aliphatic hydroxyl groups excluding tert-OH is 1. The zero-order valence-corrected chi connectivity index (χ0v) is 33.6. The van der Waals surface area contributed by atoms with E-state index in [9.17, 15) is 24.3 Å². The lowest BCUT2D eigenvalue weighted by Gasteiger charge is -2.45. The van der Waals surface area contributed by atoms with Gasteiger partial charge in [-0.3, -0.25) is 14.5 Å². The van der Waals surface area contributed by atoms with Crippen LogP contribution in [0.4, 0.5) is 9.59 Å². The molecule has 3 rings (SSSR count). The predicted molar refractivity (Wildman–Crippen MR) is 200 cm³/mol. The second-order valence-corrected chi connectivity index (χ2v) is 15.5. The fourth-order valence-corrected chi connectivity index (χ4v) is 8.11. The number of cyclic esters (lactones) is 1. The maximum absolute atomic E-state index is 14.3. The predicted octanol–water partition coefficient (Wildman–Crippen LogP) is 3.34. The van der Waals surface area contributed by atoms with Crippen molar-refractivity contribution in [3.05, 3.63) is 23.1 Å². The van der Waals surface area contributed by atoms with Crippen molar-refractivity contribution in [3.63, 3.8) is 0 Å². The molecule has 312 valence electrons. The van der Waals surface area contributed by atoms with Crippen molar-refractivity contribution < 1.29 is 52.7 Å². The first-order chi connectivity index (χ1) is 26.0. The second kappa shape index (κ2) is 20.6. The van der Waals surface area contributed by atoms with Gasteiger partial charge in [0.25, 0.3) is 0 Å². The Kier molecular flexibility index (Phi) is 17.2. The molecule has 55 heavy (non-hydrogen) atoms. The third kappa shape index (κ3) is 11.3. The normalized spacial score (nSPS) is 37.7. The van der Waals surface area contributed by atoms with Gasteiger partial charge < -0.3 is 49.9 Å². The molecule has 3 unspecified atom stereocenters. The number of fused-ring (bicyclic) bond motifs is 1. The number of ketones is 1. The number of alkyl carbamates (subject to hydrolysis) is 1. The van der Waals surface area contributed by atoms with Crippen molar-refractivity contribution in [2.24, 2.45) is 28.6 Å². The Morgan fingerprint density at radius 1 is 1.24 bits per heavy atom. The number of unbranched alkanes of at least 4 members (excludes halogenated alkanes) is 1. The largest absolute Gasteiger partial charge is 0.458 e. The Labute approximate surface area is 324 Å². The summed E-state index contributed by atoms with van der Waals surface area (Å²) in [6.07, 6.45) is -3.03. The number of ether oxygens (including phenoxy) is 6. The number of carbonyl (C=O) groups is 4. The highest BCUT2D eigenvalue weighted by molar-refractivity contribution is 6.00. The maximum Gasteiger partial charge on any atom is 0.410 e. The highest BCUT2D eigenvalue weighted by atomic mass is 16.7. The van der Waals surface area contributed by atoms with Crippen molar-refractivity contribution in [1.29, 1.82) is 0 Å². The van der Waals surface area contributed by atoms with E-state index in [1.807, 2.05) is 20.8 Å². The van der Waals surface area contributed by atoms with Crippen LogP contribution in [0.3, 0.4) is 0 Å². The number of nitrogens with one attached hydrogen (secondary N) is 2. The molecule has 18 nitrogen and oxygen atoms in total. The van der Waals surface area contributed by atoms with Gasteiger partial charge in [-0.25, -0.2) is 9.59 Å². The number of amides is 2.